The Morgan fingerprint density at radius 1 is 1.26 bits per heavy atom. The van der Waals surface area contributed by atoms with Crippen LogP contribution in [0.25, 0.3) is 0 Å². The quantitative estimate of drug-likeness (QED) is 0.814. The van der Waals surface area contributed by atoms with Gasteiger partial charge in [-0.25, -0.2) is 0 Å². The summed E-state index contributed by atoms with van der Waals surface area (Å²) < 4.78 is 6.28. The highest BCUT2D eigenvalue weighted by Gasteiger charge is 2.11. The largest absolute Gasteiger partial charge is 0.495 e. The molecule has 1 aromatic heterocycles. The number of benzene rings is 1. The van der Waals surface area contributed by atoms with E-state index in [4.69, 9.17) is 4.74 Å². The molecule has 0 saturated carbocycles. The number of rotatable bonds is 4. The van der Waals surface area contributed by atoms with Gasteiger partial charge in [0.25, 0.3) is 0 Å². The summed E-state index contributed by atoms with van der Waals surface area (Å²) in [6, 6.07) is 8.61. The van der Waals surface area contributed by atoms with Gasteiger partial charge in [0.1, 0.15) is 5.75 Å². The lowest BCUT2D eigenvalue weighted by atomic mass is 10.1. The number of methoxy groups -OCH3 is 1. The standard InChI is InChI=1S/C15H18BrNOS/c1-9-7-13(11(3)19-9)10(2)17-12-5-6-14(16)15(8-12)18-4/h5-8,10,17H,1-4H3. The van der Waals surface area contributed by atoms with Gasteiger partial charge in [-0.2, -0.15) is 0 Å². The van der Waals surface area contributed by atoms with Gasteiger partial charge >= 0.3 is 0 Å². The van der Waals surface area contributed by atoms with E-state index in [1.807, 2.05) is 23.5 Å². The summed E-state index contributed by atoms with van der Waals surface area (Å²) in [5.74, 6) is 0.843. The average Bonchev–Trinajstić information content (AvgIpc) is 2.71. The monoisotopic (exact) mass is 339 g/mol. The fraction of sp³-hybridized carbons (Fsp3) is 0.333. The highest BCUT2D eigenvalue weighted by Crippen LogP contribution is 2.32. The Labute approximate surface area is 126 Å². The van der Waals surface area contributed by atoms with Gasteiger partial charge in [0.15, 0.2) is 0 Å². The van der Waals surface area contributed by atoms with Gasteiger partial charge in [0.05, 0.1) is 11.6 Å². The normalized spacial score (nSPS) is 12.3. The fourth-order valence-corrected chi connectivity index (χ4v) is 3.59. The van der Waals surface area contributed by atoms with Crippen LogP contribution in [-0.2, 0) is 0 Å². The molecule has 0 aliphatic rings. The first-order chi connectivity index (χ1) is 9.01. The molecule has 1 atom stereocenters. The van der Waals surface area contributed by atoms with Crippen molar-refractivity contribution in [2.45, 2.75) is 26.8 Å². The van der Waals surface area contributed by atoms with Crippen molar-refractivity contribution in [3.8, 4) is 5.75 Å². The highest BCUT2D eigenvalue weighted by molar-refractivity contribution is 9.10. The Hall–Kier alpha value is -1.00. The molecule has 0 spiro atoms. The van der Waals surface area contributed by atoms with Crippen molar-refractivity contribution in [1.82, 2.24) is 0 Å². The minimum absolute atomic E-state index is 0.288. The molecule has 0 aliphatic carbocycles. The minimum atomic E-state index is 0.288. The number of ether oxygens (including phenoxy) is 1. The Morgan fingerprint density at radius 2 is 2.00 bits per heavy atom. The van der Waals surface area contributed by atoms with Crippen LogP contribution in [-0.4, -0.2) is 7.11 Å². The summed E-state index contributed by atoms with van der Waals surface area (Å²) in [5.41, 5.74) is 2.43. The predicted molar refractivity (Wildman–Crippen MR) is 86.5 cm³/mol. The third-order valence-electron chi connectivity index (χ3n) is 3.08. The lowest BCUT2D eigenvalue weighted by Gasteiger charge is -2.16. The summed E-state index contributed by atoms with van der Waals surface area (Å²) in [6.07, 6.45) is 0. The minimum Gasteiger partial charge on any atom is -0.495 e. The van der Waals surface area contributed by atoms with Crippen molar-refractivity contribution in [2.24, 2.45) is 0 Å². The highest BCUT2D eigenvalue weighted by atomic mass is 79.9. The molecule has 1 heterocycles. The Kier molecular flexibility index (Phi) is 4.53. The van der Waals surface area contributed by atoms with E-state index in [-0.39, 0.29) is 6.04 Å². The molecule has 102 valence electrons. The van der Waals surface area contributed by atoms with Crippen LogP contribution in [0.2, 0.25) is 0 Å². The number of halogens is 1. The number of hydrogen-bond donors (Lipinski definition) is 1. The van der Waals surface area contributed by atoms with Gasteiger partial charge in [0, 0.05) is 27.5 Å². The van der Waals surface area contributed by atoms with Crippen LogP contribution < -0.4 is 10.1 Å². The van der Waals surface area contributed by atoms with E-state index in [9.17, 15) is 0 Å². The summed E-state index contributed by atoms with van der Waals surface area (Å²) in [7, 11) is 1.68. The Balaban J connectivity index is 2.19. The van der Waals surface area contributed by atoms with Crippen LogP contribution in [0, 0.1) is 13.8 Å². The van der Waals surface area contributed by atoms with Gasteiger partial charge in [-0.3, -0.25) is 0 Å². The van der Waals surface area contributed by atoms with Crippen LogP contribution in [0.4, 0.5) is 5.69 Å². The second kappa shape index (κ2) is 5.97. The first-order valence-corrected chi connectivity index (χ1v) is 7.79. The van der Waals surface area contributed by atoms with Crippen LogP contribution in [0.15, 0.2) is 28.7 Å². The van der Waals surface area contributed by atoms with Gasteiger partial charge in [-0.1, -0.05) is 0 Å². The lowest BCUT2D eigenvalue weighted by molar-refractivity contribution is 0.412. The summed E-state index contributed by atoms with van der Waals surface area (Å²) >= 11 is 5.31. The first kappa shape index (κ1) is 14.4. The number of anilines is 1. The molecule has 0 aliphatic heterocycles. The molecule has 0 saturated heterocycles. The van der Waals surface area contributed by atoms with Gasteiger partial charge in [-0.05, 0) is 60.5 Å². The van der Waals surface area contributed by atoms with Crippen LogP contribution in [0.5, 0.6) is 5.75 Å². The van der Waals surface area contributed by atoms with Crippen LogP contribution >= 0.6 is 27.3 Å². The molecular formula is C15H18BrNOS. The Morgan fingerprint density at radius 3 is 2.58 bits per heavy atom. The van der Waals surface area contributed by atoms with Crippen LogP contribution in [0.3, 0.4) is 0 Å². The Bertz CT molecular complexity index is 580. The van der Waals surface area contributed by atoms with E-state index >= 15 is 0 Å². The number of aryl methyl sites for hydroxylation is 2. The third-order valence-corrected chi connectivity index (χ3v) is 4.72. The van der Waals surface area contributed by atoms with E-state index in [1.165, 1.54) is 15.3 Å². The summed E-state index contributed by atoms with van der Waals surface area (Å²) in [5, 5.41) is 3.52. The molecule has 0 amide bonds. The zero-order valence-corrected chi connectivity index (χ0v) is 14.0. The molecule has 1 unspecified atom stereocenters. The van der Waals surface area contributed by atoms with E-state index < -0.39 is 0 Å². The molecule has 19 heavy (non-hydrogen) atoms. The average molecular weight is 340 g/mol. The molecule has 1 aromatic carbocycles. The smallest absolute Gasteiger partial charge is 0.135 e. The van der Waals surface area contributed by atoms with E-state index in [1.54, 1.807) is 7.11 Å². The molecule has 0 fully saturated rings. The second-order valence-electron chi connectivity index (χ2n) is 4.58. The molecule has 0 radical (unpaired) electrons. The zero-order chi connectivity index (χ0) is 14.0. The van der Waals surface area contributed by atoms with Crippen molar-refractivity contribution in [1.29, 1.82) is 0 Å². The molecule has 2 aromatic rings. The maximum atomic E-state index is 5.32. The number of thiophene rings is 1. The zero-order valence-electron chi connectivity index (χ0n) is 11.6. The van der Waals surface area contributed by atoms with Crippen molar-refractivity contribution >= 4 is 33.0 Å². The molecule has 4 heteroatoms. The topological polar surface area (TPSA) is 21.3 Å². The third kappa shape index (κ3) is 3.31. The summed E-state index contributed by atoms with van der Waals surface area (Å²) in [4.78, 5) is 2.73. The van der Waals surface area contributed by atoms with E-state index in [0.29, 0.717) is 0 Å². The van der Waals surface area contributed by atoms with Gasteiger partial charge in [0.2, 0.25) is 0 Å². The number of nitrogens with one attached hydrogen (secondary N) is 1. The van der Waals surface area contributed by atoms with Crippen molar-refractivity contribution < 1.29 is 4.74 Å². The van der Waals surface area contributed by atoms with Crippen LogP contribution in [0.1, 0.15) is 28.3 Å². The maximum absolute atomic E-state index is 5.32. The summed E-state index contributed by atoms with van der Waals surface area (Å²) in [6.45, 7) is 6.51. The molecule has 0 bridgehead atoms. The first-order valence-electron chi connectivity index (χ1n) is 6.18. The van der Waals surface area contributed by atoms with Gasteiger partial charge < -0.3 is 10.1 Å². The van der Waals surface area contributed by atoms with Crippen molar-refractivity contribution in [3.63, 3.8) is 0 Å². The van der Waals surface area contributed by atoms with Gasteiger partial charge in [-0.15, -0.1) is 11.3 Å². The van der Waals surface area contributed by atoms with E-state index in [0.717, 1.165) is 15.9 Å². The molecular weight excluding hydrogens is 322 g/mol. The molecule has 2 rings (SSSR count). The predicted octanol–water partition coefficient (Wildman–Crippen LogP) is 5.31. The second-order valence-corrected chi connectivity index (χ2v) is 6.90. The molecule has 2 nitrogen and oxygen atoms in total. The number of hydrogen-bond acceptors (Lipinski definition) is 3. The van der Waals surface area contributed by atoms with Crippen molar-refractivity contribution in [3.05, 3.63) is 44.1 Å². The molecule has 1 N–H and O–H groups in total. The SMILES string of the molecule is COc1cc(NC(C)c2cc(C)sc2C)ccc1Br. The van der Waals surface area contributed by atoms with E-state index in [2.05, 4.69) is 54.2 Å². The lowest BCUT2D eigenvalue weighted by Crippen LogP contribution is -2.06. The fourth-order valence-electron chi connectivity index (χ4n) is 2.16. The maximum Gasteiger partial charge on any atom is 0.135 e. The van der Waals surface area contributed by atoms with Crippen molar-refractivity contribution in [2.75, 3.05) is 12.4 Å².